The predicted octanol–water partition coefficient (Wildman–Crippen LogP) is 4.03. The summed E-state index contributed by atoms with van der Waals surface area (Å²) in [5, 5.41) is 2.85. The molecule has 0 aliphatic carbocycles. The molecule has 26 heavy (non-hydrogen) atoms. The van der Waals surface area contributed by atoms with Gasteiger partial charge in [0.2, 0.25) is 5.88 Å². The number of pyridine rings is 1. The van der Waals surface area contributed by atoms with Gasteiger partial charge in [-0.25, -0.2) is 4.98 Å². The molecule has 0 unspecified atom stereocenters. The average Bonchev–Trinajstić information content (AvgIpc) is 2.70. The number of carbonyl (C=O) groups excluding carboxylic acids is 1. The van der Waals surface area contributed by atoms with Crippen LogP contribution in [0.4, 0.5) is 5.69 Å². The first-order valence-electron chi connectivity index (χ1n) is 8.31. The van der Waals surface area contributed by atoms with Crippen LogP contribution in [-0.4, -0.2) is 31.2 Å². The highest BCUT2D eigenvalue weighted by atomic mass is 16.5. The van der Waals surface area contributed by atoms with Crippen LogP contribution in [0.1, 0.15) is 10.4 Å². The molecule has 1 N–H and O–H groups in total. The number of ether oxygens (including phenoxy) is 2. The number of methoxy groups -OCH3 is 1. The summed E-state index contributed by atoms with van der Waals surface area (Å²) in [5.74, 6) is 0.160. The second kappa shape index (κ2) is 8.78. The minimum Gasteiger partial charge on any atom is -0.474 e. The van der Waals surface area contributed by atoms with Crippen LogP contribution < -0.4 is 10.1 Å². The summed E-state index contributed by atoms with van der Waals surface area (Å²) in [6, 6.07) is 21.0. The van der Waals surface area contributed by atoms with E-state index in [9.17, 15) is 4.79 Å². The van der Waals surface area contributed by atoms with Gasteiger partial charge in [0.25, 0.3) is 5.91 Å². The quantitative estimate of drug-likeness (QED) is 0.655. The molecule has 0 spiro atoms. The van der Waals surface area contributed by atoms with Crippen molar-refractivity contribution in [3.63, 3.8) is 0 Å². The zero-order chi connectivity index (χ0) is 18.2. The number of hydrogen-bond acceptors (Lipinski definition) is 4. The largest absolute Gasteiger partial charge is 0.474 e. The van der Waals surface area contributed by atoms with Gasteiger partial charge in [-0.1, -0.05) is 42.5 Å². The highest BCUT2D eigenvalue weighted by Gasteiger charge is 2.11. The number of nitrogens with one attached hydrogen (secondary N) is 1. The smallest absolute Gasteiger partial charge is 0.255 e. The lowest BCUT2D eigenvalue weighted by atomic mass is 10.0. The standard InChI is InChI=1S/C21H20N2O3/c1-25-14-15-26-21-19(8-5-13-22-21)23-20(24)18-11-9-17(10-12-18)16-6-3-2-4-7-16/h2-13H,14-15H2,1H3,(H,23,24). The van der Waals surface area contributed by atoms with Crippen LogP contribution in [0.25, 0.3) is 11.1 Å². The normalized spacial score (nSPS) is 10.3. The van der Waals surface area contributed by atoms with Gasteiger partial charge in [0.05, 0.1) is 6.61 Å². The first kappa shape index (κ1) is 17.6. The van der Waals surface area contributed by atoms with Gasteiger partial charge in [0.15, 0.2) is 0 Å². The lowest BCUT2D eigenvalue weighted by Gasteiger charge is -2.11. The molecule has 1 heterocycles. The molecule has 0 atom stereocenters. The third kappa shape index (κ3) is 4.46. The lowest BCUT2D eigenvalue weighted by molar-refractivity contribution is 0.102. The molecule has 0 aliphatic heterocycles. The number of anilines is 1. The van der Waals surface area contributed by atoms with E-state index in [1.807, 2.05) is 42.5 Å². The summed E-state index contributed by atoms with van der Waals surface area (Å²) < 4.78 is 10.5. The van der Waals surface area contributed by atoms with Crippen molar-refractivity contribution in [3.05, 3.63) is 78.5 Å². The Labute approximate surface area is 152 Å². The lowest BCUT2D eigenvalue weighted by Crippen LogP contribution is -2.14. The van der Waals surface area contributed by atoms with Crippen molar-refractivity contribution in [1.82, 2.24) is 4.98 Å². The maximum atomic E-state index is 12.5. The number of aromatic nitrogens is 1. The molecule has 3 aromatic rings. The summed E-state index contributed by atoms with van der Waals surface area (Å²) in [4.78, 5) is 16.7. The highest BCUT2D eigenvalue weighted by Crippen LogP contribution is 2.23. The fourth-order valence-electron chi connectivity index (χ4n) is 2.46. The Kier molecular flexibility index (Phi) is 5.96. The van der Waals surface area contributed by atoms with E-state index >= 15 is 0 Å². The Morgan fingerprint density at radius 1 is 0.923 bits per heavy atom. The van der Waals surface area contributed by atoms with Crippen molar-refractivity contribution in [2.24, 2.45) is 0 Å². The zero-order valence-electron chi connectivity index (χ0n) is 14.5. The molecule has 0 aliphatic rings. The number of hydrogen-bond donors (Lipinski definition) is 1. The topological polar surface area (TPSA) is 60.5 Å². The third-order valence-corrected chi connectivity index (χ3v) is 3.80. The average molecular weight is 348 g/mol. The minimum atomic E-state index is -0.214. The summed E-state index contributed by atoms with van der Waals surface area (Å²) in [5.41, 5.74) is 3.27. The second-order valence-corrected chi connectivity index (χ2v) is 5.59. The number of rotatable bonds is 7. The van der Waals surface area contributed by atoms with Crippen molar-refractivity contribution < 1.29 is 14.3 Å². The molecule has 0 radical (unpaired) electrons. The number of nitrogens with zero attached hydrogens (tertiary/aromatic N) is 1. The molecule has 132 valence electrons. The summed E-state index contributed by atoms with van der Waals surface area (Å²) in [6.45, 7) is 0.813. The molecule has 3 rings (SSSR count). The first-order valence-corrected chi connectivity index (χ1v) is 8.31. The van der Waals surface area contributed by atoms with Crippen LogP contribution in [0, 0.1) is 0 Å². The molecule has 5 heteroatoms. The van der Waals surface area contributed by atoms with Gasteiger partial charge in [-0.3, -0.25) is 4.79 Å². The van der Waals surface area contributed by atoms with E-state index in [0.717, 1.165) is 11.1 Å². The molecule has 0 fully saturated rings. The predicted molar refractivity (Wildman–Crippen MR) is 101 cm³/mol. The molecule has 0 saturated carbocycles. The van der Waals surface area contributed by atoms with Gasteiger partial charge in [0, 0.05) is 18.9 Å². The van der Waals surface area contributed by atoms with Gasteiger partial charge in [0.1, 0.15) is 12.3 Å². The van der Waals surface area contributed by atoms with Gasteiger partial charge >= 0.3 is 0 Å². The van der Waals surface area contributed by atoms with E-state index in [2.05, 4.69) is 10.3 Å². The maximum Gasteiger partial charge on any atom is 0.255 e. The third-order valence-electron chi connectivity index (χ3n) is 3.80. The van der Waals surface area contributed by atoms with Crippen LogP contribution >= 0.6 is 0 Å². The first-order chi connectivity index (χ1) is 12.8. The van der Waals surface area contributed by atoms with Crippen molar-refractivity contribution in [2.75, 3.05) is 25.6 Å². The van der Waals surface area contributed by atoms with E-state index < -0.39 is 0 Å². The van der Waals surface area contributed by atoms with Crippen LogP contribution in [-0.2, 0) is 4.74 Å². The summed E-state index contributed by atoms with van der Waals surface area (Å²) >= 11 is 0. The molecule has 5 nitrogen and oxygen atoms in total. The molecular formula is C21H20N2O3. The monoisotopic (exact) mass is 348 g/mol. The molecular weight excluding hydrogens is 328 g/mol. The van der Waals surface area contributed by atoms with Gasteiger partial charge in [-0.2, -0.15) is 0 Å². The molecule has 1 aromatic heterocycles. The minimum absolute atomic E-state index is 0.214. The fraction of sp³-hybridized carbons (Fsp3) is 0.143. The molecule has 2 aromatic carbocycles. The zero-order valence-corrected chi connectivity index (χ0v) is 14.5. The van der Waals surface area contributed by atoms with E-state index in [1.54, 1.807) is 37.6 Å². The maximum absolute atomic E-state index is 12.5. The SMILES string of the molecule is COCCOc1ncccc1NC(=O)c1ccc(-c2ccccc2)cc1. The Morgan fingerprint density at radius 2 is 1.65 bits per heavy atom. The Bertz CT molecular complexity index is 849. The van der Waals surface area contributed by atoms with Crippen LogP contribution in [0.2, 0.25) is 0 Å². The van der Waals surface area contributed by atoms with Gasteiger partial charge < -0.3 is 14.8 Å². The Morgan fingerprint density at radius 3 is 2.38 bits per heavy atom. The van der Waals surface area contributed by atoms with E-state index in [1.165, 1.54) is 0 Å². The van der Waals surface area contributed by atoms with Crippen LogP contribution in [0.3, 0.4) is 0 Å². The van der Waals surface area contributed by atoms with Crippen molar-refractivity contribution in [1.29, 1.82) is 0 Å². The van der Waals surface area contributed by atoms with Crippen molar-refractivity contribution in [2.45, 2.75) is 0 Å². The van der Waals surface area contributed by atoms with Gasteiger partial charge in [-0.15, -0.1) is 0 Å². The van der Waals surface area contributed by atoms with Crippen LogP contribution in [0.5, 0.6) is 5.88 Å². The number of amides is 1. The molecule has 0 saturated heterocycles. The summed E-state index contributed by atoms with van der Waals surface area (Å²) in [6.07, 6.45) is 1.62. The van der Waals surface area contributed by atoms with Crippen LogP contribution in [0.15, 0.2) is 72.9 Å². The fourth-order valence-corrected chi connectivity index (χ4v) is 2.46. The Hall–Kier alpha value is -3.18. The highest BCUT2D eigenvalue weighted by molar-refractivity contribution is 6.05. The van der Waals surface area contributed by atoms with Crippen molar-refractivity contribution in [3.8, 4) is 17.0 Å². The van der Waals surface area contributed by atoms with E-state index in [0.29, 0.717) is 30.3 Å². The molecule has 0 bridgehead atoms. The Balaban J connectivity index is 1.70. The summed E-state index contributed by atoms with van der Waals surface area (Å²) in [7, 11) is 1.60. The van der Waals surface area contributed by atoms with Gasteiger partial charge in [-0.05, 0) is 35.4 Å². The second-order valence-electron chi connectivity index (χ2n) is 5.59. The van der Waals surface area contributed by atoms with Crippen molar-refractivity contribution >= 4 is 11.6 Å². The van der Waals surface area contributed by atoms with E-state index in [-0.39, 0.29) is 5.91 Å². The van der Waals surface area contributed by atoms with E-state index in [4.69, 9.17) is 9.47 Å². The molecule has 1 amide bonds. The number of benzene rings is 2. The number of carbonyl (C=O) groups is 1.